The van der Waals surface area contributed by atoms with Gasteiger partial charge in [0.2, 0.25) is 0 Å². The average Bonchev–Trinajstić information content (AvgIpc) is 2.47. The molecule has 118 valence electrons. The molecule has 0 heterocycles. The van der Waals surface area contributed by atoms with Gasteiger partial charge < -0.3 is 4.74 Å². The summed E-state index contributed by atoms with van der Waals surface area (Å²) in [4.78, 5) is 11.6. The van der Waals surface area contributed by atoms with Gasteiger partial charge in [-0.2, -0.15) is 0 Å². The normalized spacial score (nSPS) is 11.3. The molecule has 0 aliphatic heterocycles. The van der Waals surface area contributed by atoms with Gasteiger partial charge in [-0.15, -0.1) is 0 Å². The van der Waals surface area contributed by atoms with Crippen molar-refractivity contribution in [3.8, 4) is 0 Å². The van der Waals surface area contributed by atoms with Gasteiger partial charge in [-0.3, -0.25) is 13.8 Å². The van der Waals surface area contributed by atoms with Crippen molar-refractivity contribution in [1.82, 2.24) is 5.09 Å². The number of carbonyl (C=O) groups excluding carboxylic acids is 1. The lowest BCUT2D eigenvalue weighted by molar-refractivity contribution is -0.144. The fraction of sp³-hybridized carbons (Fsp3) is 0.500. The monoisotopic (exact) mass is 315 g/mol. The summed E-state index contributed by atoms with van der Waals surface area (Å²) >= 11 is 0. The molecular formula is C14H22NO5P. The quantitative estimate of drug-likeness (QED) is 0.528. The molecule has 0 bridgehead atoms. The number of benzene rings is 1. The van der Waals surface area contributed by atoms with Gasteiger partial charge in [0.25, 0.3) is 0 Å². The van der Waals surface area contributed by atoms with E-state index in [0.29, 0.717) is 0 Å². The van der Waals surface area contributed by atoms with Crippen LogP contribution in [0.1, 0.15) is 25.8 Å². The Morgan fingerprint density at radius 2 is 1.76 bits per heavy atom. The van der Waals surface area contributed by atoms with Crippen LogP contribution in [0.2, 0.25) is 0 Å². The van der Waals surface area contributed by atoms with Gasteiger partial charge >= 0.3 is 13.7 Å². The molecule has 1 aromatic carbocycles. The Kier molecular flexibility index (Phi) is 8.23. The van der Waals surface area contributed by atoms with Crippen molar-refractivity contribution in [2.24, 2.45) is 0 Å². The summed E-state index contributed by atoms with van der Waals surface area (Å²) in [5.41, 5.74) is 0.924. The molecule has 1 aromatic rings. The Labute approximate surface area is 125 Å². The van der Waals surface area contributed by atoms with Crippen LogP contribution in [0.4, 0.5) is 0 Å². The lowest BCUT2D eigenvalue weighted by Crippen LogP contribution is -2.19. The predicted octanol–water partition coefficient (Wildman–Crippen LogP) is 2.89. The minimum Gasteiger partial charge on any atom is -0.461 e. The Morgan fingerprint density at radius 1 is 1.14 bits per heavy atom. The van der Waals surface area contributed by atoms with Crippen molar-refractivity contribution in [1.29, 1.82) is 0 Å². The highest BCUT2D eigenvalue weighted by Gasteiger charge is 2.22. The molecule has 21 heavy (non-hydrogen) atoms. The van der Waals surface area contributed by atoms with E-state index in [1.54, 1.807) is 13.8 Å². The first kappa shape index (κ1) is 17.9. The lowest BCUT2D eigenvalue weighted by atomic mass is 10.2. The second kappa shape index (κ2) is 9.68. The first-order valence-electron chi connectivity index (χ1n) is 6.93. The van der Waals surface area contributed by atoms with Crippen molar-refractivity contribution in [3.63, 3.8) is 0 Å². The number of nitrogens with one attached hydrogen (secondary N) is 1. The summed E-state index contributed by atoms with van der Waals surface area (Å²) in [5, 5.41) is 2.64. The Balaban J connectivity index is 2.27. The summed E-state index contributed by atoms with van der Waals surface area (Å²) in [6.45, 7) is 4.38. The molecule has 1 N–H and O–H groups in total. The number of rotatable bonds is 10. The summed E-state index contributed by atoms with van der Waals surface area (Å²) in [5.74, 6) is -0.370. The maximum absolute atomic E-state index is 12.1. The molecular weight excluding hydrogens is 293 g/mol. The molecule has 0 saturated heterocycles. The highest BCUT2D eigenvalue weighted by atomic mass is 31.2. The van der Waals surface area contributed by atoms with Gasteiger partial charge in [0.1, 0.15) is 6.61 Å². The smallest absolute Gasteiger partial charge is 0.405 e. The Bertz CT molecular complexity index is 456. The number of hydrogen-bond acceptors (Lipinski definition) is 5. The average molecular weight is 315 g/mol. The molecule has 0 amide bonds. The van der Waals surface area contributed by atoms with Gasteiger partial charge in [0, 0.05) is 6.54 Å². The maximum atomic E-state index is 12.1. The topological polar surface area (TPSA) is 73.9 Å². The largest absolute Gasteiger partial charge is 0.461 e. The van der Waals surface area contributed by atoms with Crippen molar-refractivity contribution in [2.75, 3.05) is 19.8 Å². The van der Waals surface area contributed by atoms with Crippen LogP contribution in [0.3, 0.4) is 0 Å². The Hall–Kier alpha value is -1.20. The van der Waals surface area contributed by atoms with Crippen molar-refractivity contribution < 1.29 is 23.1 Å². The third kappa shape index (κ3) is 7.39. The predicted molar refractivity (Wildman–Crippen MR) is 79.7 cm³/mol. The number of carbonyl (C=O) groups is 1. The third-order valence-electron chi connectivity index (χ3n) is 2.48. The van der Waals surface area contributed by atoms with E-state index < -0.39 is 7.75 Å². The van der Waals surface area contributed by atoms with Crippen LogP contribution in [0.15, 0.2) is 30.3 Å². The zero-order chi connectivity index (χ0) is 15.6. The molecule has 6 nitrogen and oxygen atoms in total. The molecule has 0 atom stereocenters. The fourth-order valence-electron chi connectivity index (χ4n) is 1.57. The van der Waals surface area contributed by atoms with Gasteiger partial charge in [-0.05, 0) is 19.4 Å². The summed E-state index contributed by atoms with van der Waals surface area (Å²) < 4.78 is 27.3. The molecule has 1 rings (SSSR count). The number of ether oxygens (including phenoxy) is 1. The van der Waals surface area contributed by atoms with Crippen LogP contribution in [0, 0.1) is 0 Å². The Morgan fingerprint density at radius 3 is 2.33 bits per heavy atom. The molecule has 0 aliphatic rings. The van der Waals surface area contributed by atoms with Crippen molar-refractivity contribution >= 4 is 13.7 Å². The molecule has 0 aromatic heterocycles. The number of esters is 1. The van der Waals surface area contributed by atoms with E-state index in [9.17, 15) is 9.36 Å². The molecule has 0 unspecified atom stereocenters. The second-order valence-electron chi connectivity index (χ2n) is 4.14. The molecule has 0 spiro atoms. The van der Waals surface area contributed by atoms with Gasteiger partial charge in [0.15, 0.2) is 0 Å². The van der Waals surface area contributed by atoms with E-state index in [0.717, 1.165) is 5.56 Å². The zero-order valence-electron chi connectivity index (χ0n) is 12.4. The van der Waals surface area contributed by atoms with Crippen molar-refractivity contribution in [3.05, 3.63) is 35.9 Å². The molecule has 0 saturated carbocycles. The minimum absolute atomic E-state index is 0.0942. The summed E-state index contributed by atoms with van der Waals surface area (Å²) in [6, 6.07) is 9.42. The van der Waals surface area contributed by atoms with Crippen LogP contribution in [-0.2, 0) is 29.8 Å². The van der Waals surface area contributed by atoms with E-state index >= 15 is 0 Å². The van der Waals surface area contributed by atoms with Crippen LogP contribution in [0.5, 0.6) is 0 Å². The lowest BCUT2D eigenvalue weighted by Gasteiger charge is -2.17. The van der Waals surface area contributed by atoms with E-state index in [1.807, 2.05) is 30.3 Å². The van der Waals surface area contributed by atoms with Crippen molar-refractivity contribution in [2.45, 2.75) is 26.9 Å². The van der Waals surface area contributed by atoms with Gasteiger partial charge in [-0.1, -0.05) is 30.3 Å². The minimum atomic E-state index is -3.31. The first-order valence-corrected chi connectivity index (χ1v) is 8.47. The first-order chi connectivity index (χ1) is 10.1. The van der Waals surface area contributed by atoms with E-state index in [1.165, 1.54) is 0 Å². The van der Waals surface area contributed by atoms with Gasteiger partial charge in [0.05, 0.1) is 19.6 Å². The SMILES string of the molecule is CCOP(=O)(NCCC(=O)OCc1ccccc1)OCC. The maximum Gasteiger partial charge on any atom is 0.405 e. The molecule has 0 fully saturated rings. The zero-order valence-corrected chi connectivity index (χ0v) is 13.3. The van der Waals surface area contributed by atoms with Crippen LogP contribution in [0.25, 0.3) is 0 Å². The fourth-order valence-corrected chi connectivity index (χ4v) is 2.90. The third-order valence-corrected chi connectivity index (χ3v) is 4.28. The van der Waals surface area contributed by atoms with Crippen LogP contribution < -0.4 is 5.09 Å². The summed E-state index contributed by atoms with van der Waals surface area (Å²) in [7, 11) is -3.31. The highest BCUT2D eigenvalue weighted by molar-refractivity contribution is 7.51. The molecule has 0 radical (unpaired) electrons. The summed E-state index contributed by atoms with van der Waals surface area (Å²) in [6.07, 6.45) is 0.0942. The second-order valence-corrected chi connectivity index (χ2v) is 5.96. The highest BCUT2D eigenvalue weighted by Crippen LogP contribution is 2.43. The van der Waals surface area contributed by atoms with E-state index in [2.05, 4.69) is 5.09 Å². The van der Waals surface area contributed by atoms with E-state index in [4.69, 9.17) is 13.8 Å². The number of hydrogen-bond donors (Lipinski definition) is 1. The van der Waals surface area contributed by atoms with Crippen LogP contribution >= 0.6 is 7.75 Å². The molecule has 0 aliphatic carbocycles. The van der Waals surface area contributed by atoms with Gasteiger partial charge in [-0.25, -0.2) is 9.65 Å². The van der Waals surface area contributed by atoms with Crippen LogP contribution in [-0.4, -0.2) is 25.7 Å². The van der Waals surface area contributed by atoms with E-state index in [-0.39, 0.29) is 38.8 Å². The standard InChI is InChI=1S/C14H22NO5P/c1-3-19-21(17,20-4-2)15-11-10-14(16)18-12-13-8-6-5-7-9-13/h5-9H,3-4,10-12H2,1-2H3,(H,15,17). The molecule has 7 heteroatoms.